The van der Waals surface area contributed by atoms with Gasteiger partial charge in [0.2, 0.25) is 0 Å². The Bertz CT molecular complexity index is 499. The molecular weight excluding hydrogens is 318 g/mol. The summed E-state index contributed by atoms with van der Waals surface area (Å²) in [5, 5.41) is 15.7. The molecule has 25 heavy (non-hydrogen) atoms. The Morgan fingerprint density at radius 2 is 1.84 bits per heavy atom. The number of urea groups is 1. The van der Waals surface area contributed by atoms with Crippen LogP contribution in [0.4, 0.5) is 4.79 Å². The lowest BCUT2D eigenvalue weighted by molar-refractivity contribution is 0.114. The predicted octanol–water partition coefficient (Wildman–Crippen LogP) is 1.77. The zero-order valence-electron chi connectivity index (χ0n) is 15.2. The molecule has 1 saturated heterocycles. The summed E-state index contributed by atoms with van der Waals surface area (Å²) in [5.41, 5.74) is 1.14. The van der Waals surface area contributed by atoms with E-state index in [1.54, 1.807) is 7.11 Å². The highest BCUT2D eigenvalue weighted by Crippen LogP contribution is 2.11. The van der Waals surface area contributed by atoms with Gasteiger partial charge in [-0.15, -0.1) is 0 Å². The number of ether oxygens (including phenoxy) is 1. The molecule has 1 aliphatic rings. The van der Waals surface area contributed by atoms with E-state index >= 15 is 0 Å². The van der Waals surface area contributed by atoms with Gasteiger partial charge in [0.15, 0.2) is 0 Å². The van der Waals surface area contributed by atoms with Crippen LogP contribution in [0.25, 0.3) is 0 Å². The van der Waals surface area contributed by atoms with Gasteiger partial charge in [0.25, 0.3) is 0 Å². The Morgan fingerprint density at radius 3 is 2.48 bits per heavy atom. The Hall–Kier alpha value is -1.79. The number of nitrogens with one attached hydrogen (secondary N) is 2. The molecule has 6 nitrogen and oxygen atoms in total. The highest BCUT2D eigenvalue weighted by molar-refractivity contribution is 5.73. The van der Waals surface area contributed by atoms with E-state index in [-0.39, 0.29) is 12.6 Å². The SMILES string of the molecule is COc1ccc(CCNC(=O)NC[C@H](O)CN2CCCCCC2)cc1. The lowest BCUT2D eigenvalue weighted by Crippen LogP contribution is -2.44. The molecule has 0 unspecified atom stereocenters. The number of likely N-dealkylation sites (tertiary alicyclic amines) is 1. The average molecular weight is 349 g/mol. The number of aliphatic hydroxyl groups excluding tert-OH is 1. The van der Waals surface area contributed by atoms with Crippen molar-refractivity contribution < 1.29 is 14.6 Å². The first kappa shape index (κ1) is 19.5. The number of hydrogen-bond donors (Lipinski definition) is 3. The third-order valence-electron chi connectivity index (χ3n) is 4.52. The van der Waals surface area contributed by atoms with E-state index in [0.717, 1.165) is 30.8 Å². The second kappa shape index (κ2) is 10.9. The van der Waals surface area contributed by atoms with Crippen LogP contribution >= 0.6 is 0 Å². The van der Waals surface area contributed by atoms with E-state index in [2.05, 4.69) is 15.5 Å². The predicted molar refractivity (Wildman–Crippen MR) is 99.0 cm³/mol. The Balaban J connectivity index is 1.57. The zero-order chi connectivity index (χ0) is 17.9. The van der Waals surface area contributed by atoms with Crippen molar-refractivity contribution >= 4 is 6.03 Å². The fourth-order valence-corrected chi connectivity index (χ4v) is 3.07. The van der Waals surface area contributed by atoms with Crippen LogP contribution in [0.5, 0.6) is 5.75 Å². The molecule has 0 aliphatic carbocycles. The fourth-order valence-electron chi connectivity index (χ4n) is 3.07. The Morgan fingerprint density at radius 1 is 1.16 bits per heavy atom. The summed E-state index contributed by atoms with van der Waals surface area (Å²) in [6.45, 7) is 3.56. The van der Waals surface area contributed by atoms with Gasteiger partial charge in [-0.1, -0.05) is 25.0 Å². The summed E-state index contributed by atoms with van der Waals surface area (Å²) >= 11 is 0. The molecule has 1 aromatic carbocycles. The maximum absolute atomic E-state index is 11.8. The second-order valence-electron chi connectivity index (χ2n) is 6.60. The number of hydrogen-bond acceptors (Lipinski definition) is 4. The molecule has 3 N–H and O–H groups in total. The van der Waals surface area contributed by atoms with Crippen molar-refractivity contribution in [1.29, 1.82) is 0 Å². The van der Waals surface area contributed by atoms with Crippen LogP contribution in [-0.4, -0.2) is 62.0 Å². The molecule has 140 valence electrons. The molecule has 0 saturated carbocycles. The van der Waals surface area contributed by atoms with E-state index in [0.29, 0.717) is 13.1 Å². The molecule has 1 fully saturated rings. The number of amides is 2. The van der Waals surface area contributed by atoms with E-state index in [1.165, 1.54) is 25.7 Å². The summed E-state index contributed by atoms with van der Waals surface area (Å²) in [4.78, 5) is 14.1. The number of carbonyl (C=O) groups excluding carboxylic acids is 1. The zero-order valence-corrected chi connectivity index (χ0v) is 15.2. The van der Waals surface area contributed by atoms with Crippen LogP contribution in [0.15, 0.2) is 24.3 Å². The summed E-state index contributed by atoms with van der Waals surface area (Å²) in [5.74, 6) is 0.827. The first-order valence-corrected chi connectivity index (χ1v) is 9.22. The maximum atomic E-state index is 11.8. The number of nitrogens with zero attached hydrogens (tertiary/aromatic N) is 1. The third-order valence-corrected chi connectivity index (χ3v) is 4.52. The van der Waals surface area contributed by atoms with Crippen molar-refractivity contribution in [2.24, 2.45) is 0 Å². The van der Waals surface area contributed by atoms with Gasteiger partial charge >= 0.3 is 6.03 Å². The van der Waals surface area contributed by atoms with Gasteiger partial charge in [-0.25, -0.2) is 4.79 Å². The molecule has 1 aliphatic heterocycles. The van der Waals surface area contributed by atoms with Gasteiger partial charge in [0.1, 0.15) is 5.75 Å². The quantitative estimate of drug-likeness (QED) is 0.669. The molecule has 0 spiro atoms. The monoisotopic (exact) mass is 349 g/mol. The Labute approximate surface area is 150 Å². The van der Waals surface area contributed by atoms with Crippen molar-refractivity contribution in [3.05, 3.63) is 29.8 Å². The highest BCUT2D eigenvalue weighted by Gasteiger charge is 2.14. The molecule has 6 heteroatoms. The molecule has 1 atom stereocenters. The molecule has 0 aromatic heterocycles. The summed E-state index contributed by atoms with van der Waals surface area (Å²) in [7, 11) is 1.64. The van der Waals surface area contributed by atoms with Crippen LogP contribution in [0, 0.1) is 0 Å². The standard InChI is InChI=1S/C19H31N3O3/c1-25-18-8-6-16(7-9-18)10-11-20-19(24)21-14-17(23)15-22-12-4-2-3-5-13-22/h6-9,17,23H,2-5,10-15H2,1H3,(H2,20,21,24)/t17-/m0/s1. The van der Waals surface area contributed by atoms with Crippen LogP contribution in [0.1, 0.15) is 31.2 Å². The van der Waals surface area contributed by atoms with E-state index < -0.39 is 6.10 Å². The Kier molecular flexibility index (Phi) is 8.55. The summed E-state index contributed by atoms with van der Waals surface area (Å²) in [6, 6.07) is 7.57. The second-order valence-corrected chi connectivity index (χ2v) is 6.60. The number of rotatable bonds is 8. The minimum atomic E-state index is -0.523. The molecule has 2 amide bonds. The van der Waals surface area contributed by atoms with Gasteiger partial charge in [-0.3, -0.25) is 0 Å². The minimum Gasteiger partial charge on any atom is -0.497 e. The molecule has 2 rings (SSSR count). The number of carbonyl (C=O) groups is 1. The minimum absolute atomic E-state index is 0.233. The van der Waals surface area contributed by atoms with Crippen LogP contribution < -0.4 is 15.4 Å². The van der Waals surface area contributed by atoms with E-state index in [9.17, 15) is 9.90 Å². The number of β-amino-alcohol motifs (C(OH)–C–C–N with tert-alkyl or cyclic N) is 1. The maximum Gasteiger partial charge on any atom is 0.314 e. The molecule has 1 heterocycles. The molecular formula is C19H31N3O3. The molecule has 0 radical (unpaired) electrons. The van der Waals surface area contributed by atoms with Gasteiger partial charge in [0.05, 0.1) is 13.2 Å². The molecule has 1 aromatic rings. The number of benzene rings is 1. The summed E-state index contributed by atoms with van der Waals surface area (Å²) in [6.07, 6.45) is 5.19. The fraction of sp³-hybridized carbons (Fsp3) is 0.632. The van der Waals surface area contributed by atoms with Crippen LogP contribution in [-0.2, 0) is 6.42 Å². The lowest BCUT2D eigenvalue weighted by Gasteiger charge is -2.23. The van der Waals surface area contributed by atoms with Gasteiger partial charge in [-0.2, -0.15) is 0 Å². The highest BCUT2D eigenvalue weighted by atomic mass is 16.5. The van der Waals surface area contributed by atoms with Gasteiger partial charge in [-0.05, 0) is 50.0 Å². The first-order valence-electron chi connectivity index (χ1n) is 9.22. The van der Waals surface area contributed by atoms with Gasteiger partial charge in [0, 0.05) is 19.6 Å². The van der Waals surface area contributed by atoms with Crippen molar-refractivity contribution in [2.45, 2.75) is 38.2 Å². The van der Waals surface area contributed by atoms with Crippen LogP contribution in [0.2, 0.25) is 0 Å². The van der Waals surface area contributed by atoms with Crippen LogP contribution in [0.3, 0.4) is 0 Å². The van der Waals surface area contributed by atoms with Gasteiger partial charge < -0.3 is 25.4 Å². The first-order chi connectivity index (χ1) is 12.2. The number of methoxy groups -OCH3 is 1. The third kappa shape index (κ3) is 7.75. The average Bonchev–Trinajstić information content (AvgIpc) is 2.89. The largest absolute Gasteiger partial charge is 0.497 e. The van der Waals surface area contributed by atoms with E-state index in [4.69, 9.17) is 4.74 Å². The van der Waals surface area contributed by atoms with Crippen molar-refractivity contribution in [1.82, 2.24) is 15.5 Å². The topological polar surface area (TPSA) is 73.8 Å². The number of aliphatic hydroxyl groups is 1. The molecule has 0 bridgehead atoms. The lowest BCUT2D eigenvalue weighted by atomic mass is 10.1. The van der Waals surface area contributed by atoms with E-state index in [1.807, 2.05) is 24.3 Å². The van der Waals surface area contributed by atoms with Crippen molar-refractivity contribution in [3.63, 3.8) is 0 Å². The summed E-state index contributed by atoms with van der Waals surface area (Å²) < 4.78 is 5.12. The normalized spacial score (nSPS) is 16.7. The van der Waals surface area contributed by atoms with Crippen molar-refractivity contribution in [3.8, 4) is 5.75 Å². The van der Waals surface area contributed by atoms with Crippen molar-refractivity contribution in [2.75, 3.05) is 39.8 Å². The smallest absolute Gasteiger partial charge is 0.314 e.